The lowest BCUT2D eigenvalue weighted by Gasteiger charge is -2.19. The van der Waals surface area contributed by atoms with Gasteiger partial charge in [-0.05, 0) is 33.0 Å². The molecule has 0 heterocycles. The van der Waals surface area contributed by atoms with Gasteiger partial charge in [0, 0.05) is 10.1 Å². The summed E-state index contributed by atoms with van der Waals surface area (Å²) >= 11 is 1.98. The Morgan fingerprint density at radius 2 is 1.10 bits per heavy atom. The fourth-order valence-corrected chi connectivity index (χ4v) is 4.19. The first kappa shape index (κ1) is 14.5. The molecule has 0 aliphatic carbocycles. The van der Waals surface area contributed by atoms with Crippen LogP contribution in [-0.2, 0) is 0 Å². The summed E-state index contributed by atoms with van der Waals surface area (Å²) in [5.74, 6) is 0.526. The molecular formula is C20H22S. The van der Waals surface area contributed by atoms with Crippen LogP contribution in [0.2, 0.25) is 0 Å². The van der Waals surface area contributed by atoms with Gasteiger partial charge in [0.1, 0.15) is 0 Å². The summed E-state index contributed by atoms with van der Waals surface area (Å²) < 4.78 is 0. The highest BCUT2D eigenvalue weighted by molar-refractivity contribution is 8.00. The standard InChI is InChI=1S/C20H22S/c1-13(2)19-15-9-5-7-11-17(15)20(21-14(3)4)18-12-8-6-10-16(18)19/h5-14H,1-4H3. The Morgan fingerprint density at radius 1 is 0.667 bits per heavy atom. The van der Waals surface area contributed by atoms with Crippen LogP contribution in [0.25, 0.3) is 21.5 Å². The molecular weight excluding hydrogens is 272 g/mol. The zero-order valence-electron chi connectivity index (χ0n) is 13.2. The first-order valence-corrected chi connectivity index (χ1v) is 8.57. The van der Waals surface area contributed by atoms with Crippen molar-refractivity contribution in [3.63, 3.8) is 0 Å². The lowest BCUT2D eigenvalue weighted by Crippen LogP contribution is -1.96. The van der Waals surface area contributed by atoms with Crippen molar-refractivity contribution in [1.29, 1.82) is 0 Å². The quantitative estimate of drug-likeness (QED) is 0.386. The molecule has 0 aromatic heterocycles. The lowest BCUT2D eigenvalue weighted by atomic mass is 9.90. The summed E-state index contributed by atoms with van der Waals surface area (Å²) in [6.45, 7) is 9.13. The van der Waals surface area contributed by atoms with Crippen LogP contribution in [0.5, 0.6) is 0 Å². The summed E-state index contributed by atoms with van der Waals surface area (Å²) in [7, 11) is 0. The molecule has 3 aromatic rings. The third-order valence-corrected chi connectivity index (χ3v) is 5.00. The summed E-state index contributed by atoms with van der Waals surface area (Å²) in [6, 6.07) is 17.7. The Balaban J connectivity index is 2.51. The third kappa shape index (κ3) is 2.55. The highest BCUT2D eigenvalue weighted by Crippen LogP contribution is 2.42. The van der Waals surface area contributed by atoms with Gasteiger partial charge in [-0.2, -0.15) is 0 Å². The van der Waals surface area contributed by atoms with Gasteiger partial charge in [-0.15, -0.1) is 11.8 Å². The molecule has 0 atom stereocenters. The predicted molar refractivity (Wildman–Crippen MR) is 96.5 cm³/mol. The summed E-state index contributed by atoms with van der Waals surface area (Å²) in [6.07, 6.45) is 0. The SMILES string of the molecule is CC(C)Sc1c2ccccc2c(C(C)C)c2ccccc12. The highest BCUT2D eigenvalue weighted by Gasteiger charge is 2.16. The maximum Gasteiger partial charge on any atom is 0.0232 e. The van der Waals surface area contributed by atoms with E-state index in [-0.39, 0.29) is 0 Å². The van der Waals surface area contributed by atoms with Crippen molar-refractivity contribution in [2.24, 2.45) is 0 Å². The smallest absolute Gasteiger partial charge is 0.0232 e. The van der Waals surface area contributed by atoms with Crippen molar-refractivity contribution in [1.82, 2.24) is 0 Å². The van der Waals surface area contributed by atoms with Crippen LogP contribution in [-0.4, -0.2) is 5.25 Å². The molecule has 0 radical (unpaired) electrons. The number of fused-ring (bicyclic) bond motifs is 2. The molecule has 0 spiro atoms. The van der Waals surface area contributed by atoms with Crippen LogP contribution in [0.1, 0.15) is 39.2 Å². The van der Waals surface area contributed by atoms with Crippen molar-refractivity contribution in [2.75, 3.05) is 0 Å². The van der Waals surface area contributed by atoms with Crippen molar-refractivity contribution in [2.45, 2.75) is 43.8 Å². The average Bonchev–Trinajstić information content (AvgIpc) is 2.46. The molecule has 3 aromatic carbocycles. The zero-order valence-corrected chi connectivity index (χ0v) is 14.0. The molecule has 0 amide bonds. The van der Waals surface area contributed by atoms with E-state index in [1.807, 2.05) is 11.8 Å². The molecule has 0 fully saturated rings. The van der Waals surface area contributed by atoms with Gasteiger partial charge < -0.3 is 0 Å². The topological polar surface area (TPSA) is 0 Å². The van der Waals surface area contributed by atoms with E-state index < -0.39 is 0 Å². The maximum absolute atomic E-state index is 2.30. The van der Waals surface area contributed by atoms with E-state index in [9.17, 15) is 0 Å². The molecule has 0 N–H and O–H groups in total. The monoisotopic (exact) mass is 294 g/mol. The van der Waals surface area contributed by atoms with Crippen molar-refractivity contribution in [3.05, 3.63) is 54.1 Å². The Labute approximate surface area is 131 Å². The van der Waals surface area contributed by atoms with Gasteiger partial charge >= 0.3 is 0 Å². The minimum atomic E-state index is 0.526. The molecule has 0 unspecified atom stereocenters. The average molecular weight is 294 g/mol. The van der Waals surface area contributed by atoms with E-state index in [2.05, 4.69) is 76.2 Å². The van der Waals surface area contributed by atoms with Gasteiger partial charge in [-0.25, -0.2) is 0 Å². The molecule has 0 aliphatic rings. The van der Waals surface area contributed by atoms with Gasteiger partial charge in [-0.1, -0.05) is 76.2 Å². The minimum absolute atomic E-state index is 0.526. The van der Waals surface area contributed by atoms with Gasteiger partial charge in [0.2, 0.25) is 0 Å². The second-order valence-corrected chi connectivity index (χ2v) is 7.74. The number of thioether (sulfide) groups is 1. The Morgan fingerprint density at radius 3 is 1.48 bits per heavy atom. The number of rotatable bonds is 3. The molecule has 21 heavy (non-hydrogen) atoms. The second-order valence-electron chi connectivity index (χ2n) is 6.16. The lowest BCUT2D eigenvalue weighted by molar-refractivity contribution is 0.885. The molecule has 0 saturated heterocycles. The van der Waals surface area contributed by atoms with Crippen LogP contribution in [0.15, 0.2) is 53.4 Å². The number of hydrogen-bond acceptors (Lipinski definition) is 1. The Hall–Kier alpha value is -1.47. The van der Waals surface area contributed by atoms with Crippen molar-refractivity contribution >= 4 is 33.3 Å². The van der Waals surface area contributed by atoms with Crippen molar-refractivity contribution in [3.8, 4) is 0 Å². The van der Waals surface area contributed by atoms with Gasteiger partial charge in [0.25, 0.3) is 0 Å². The molecule has 108 valence electrons. The fourth-order valence-electron chi connectivity index (χ4n) is 3.11. The van der Waals surface area contributed by atoms with Crippen molar-refractivity contribution < 1.29 is 0 Å². The van der Waals surface area contributed by atoms with Crippen LogP contribution in [0.3, 0.4) is 0 Å². The Bertz CT molecular complexity index is 727. The molecule has 0 bridgehead atoms. The van der Waals surface area contributed by atoms with Crippen LogP contribution >= 0.6 is 11.8 Å². The van der Waals surface area contributed by atoms with Gasteiger partial charge in [-0.3, -0.25) is 0 Å². The van der Waals surface area contributed by atoms with Crippen LogP contribution < -0.4 is 0 Å². The number of benzene rings is 3. The van der Waals surface area contributed by atoms with E-state index in [4.69, 9.17) is 0 Å². The Kier molecular flexibility index (Phi) is 3.95. The highest BCUT2D eigenvalue weighted by atomic mass is 32.2. The molecule has 0 nitrogen and oxygen atoms in total. The summed E-state index contributed by atoms with van der Waals surface area (Å²) in [4.78, 5) is 1.43. The normalized spacial score (nSPS) is 11.9. The molecule has 3 rings (SSSR count). The van der Waals surface area contributed by atoms with Gasteiger partial charge in [0.05, 0.1) is 0 Å². The largest absolute Gasteiger partial charge is 0.122 e. The molecule has 0 aliphatic heterocycles. The maximum atomic E-state index is 2.30. The zero-order chi connectivity index (χ0) is 15.0. The second kappa shape index (κ2) is 5.73. The predicted octanol–water partition coefficient (Wildman–Crippen LogP) is 6.62. The summed E-state index contributed by atoms with van der Waals surface area (Å²) in [5.41, 5.74) is 1.48. The van der Waals surface area contributed by atoms with Crippen LogP contribution in [0, 0.1) is 0 Å². The van der Waals surface area contributed by atoms with E-state index in [0.29, 0.717) is 11.2 Å². The van der Waals surface area contributed by atoms with Crippen LogP contribution in [0.4, 0.5) is 0 Å². The molecule has 0 saturated carbocycles. The van der Waals surface area contributed by atoms with E-state index in [1.165, 1.54) is 32.0 Å². The number of hydrogen-bond donors (Lipinski definition) is 0. The minimum Gasteiger partial charge on any atom is -0.122 e. The van der Waals surface area contributed by atoms with Gasteiger partial charge in [0.15, 0.2) is 0 Å². The van der Waals surface area contributed by atoms with E-state index >= 15 is 0 Å². The first-order valence-electron chi connectivity index (χ1n) is 7.69. The van der Waals surface area contributed by atoms with E-state index in [1.54, 1.807) is 0 Å². The fraction of sp³-hybridized carbons (Fsp3) is 0.300. The first-order chi connectivity index (χ1) is 10.1. The van der Waals surface area contributed by atoms with E-state index in [0.717, 1.165) is 0 Å². The molecule has 1 heteroatoms. The summed E-state index contributed by atoms with van der Waals surface area (Å²) in [5, 5.41) is 6.21. The third-order valence-electron chi connectivity index (χ3n) is 3.85.